The molecule has 0 unspecified atom stereocenters. The summed E-state index contributed by atoms with van der Waals surface area (Å²) in [6.45, 7) is 3.85. The van der Waals surface area contributed by atoms with Crippen molar-refractivity contribution in [2.45, 2.75) is 20.0 Å². The van der Waals surface area contributed by atoms with Gasteiger partial charge in [0, 0.05) is 17.2 Å². The fourth-order valence-electron chi connectivity index (χ4n) is 2.41. The minimum Gasteiger partial charge on any atom is -0.507 e. The fraction of sp³-hybridized carbons (Fsp3) is 0.167. The summed E-state index contributed by atoms with van der Waals surface area (Å²) in [5.74, 6) is 0.400. The lowest BCUT2D eigenvalue weighted by Crippen LogP contribution is -2.05. The van der Waals surface area contributed by atoms with Gasteiger partial charge in [-0.3, -0.25) is 5.10 Å². The van der Waals surface area contributed by atoms with Crippen LogP contribution in [-0.2, 0) is 0 Å². The third-order valence-electron chi connectivity index (χ3n) is 3.40. The van der Waals surface area contributed by atoms with E-state index in [1.165, 1.54) is 12.1 Å². The number of hydrogen-bond acceptors (Lipinski definition) is 3. The topological polar surface area (TPSA) is 58.1 Å². The van der Waals surface area contributed by atoms with E-state index in [1.807, 2.05) is 13.8 Å². The van der Waals surface area contributed by atoms with Crippen molar-refractivity contribution in [2.24, 2.45) is 0 Å². The summed E-state index contributed by atoms with van der Waals surface area (Å²) < 4.78 is 18.7. The third kappa shape index (κ3) is 3.18. The Labute approximate surface area is 133 Å². The highest BCUT2D eigenvalue weighted by atomic mass is 19.1. The van der Waals surface area contributed by atoms with Crippen LogP contribution < -0.4 is 4.74 Å². The smallest absolute Gasteiger partial charge is 0.128 e. The largest absolute Gasteiger partial charge is 0.507 e. The molecule has 1 heterocycles. The van der Waals surface area contributed by atoms with Crippen LogP contribution >= 0.6 is 0 Å². The van der Waals surface area contributed by atoms with Crippen molar-refractivity contribution in [3.05, 3.63) is 54.5 Å². The molecule has 0 saturated carbocycles. The summed E-state index contributed by atoms with van der Waals surface area (Å²) in [6, 6.07) is 11.3. The van der Waals surface area contributed by atoms with Crippen molar-refractivity contribution in [2.75, 3.05) is 0 Å². The Balaban J connectivity index is 2.00. The van der Waals surface area contributed by atoms with Gasteiger partial charge in [-0.2, -0.15) is 5.10 Å². The Morgan fingerprint density at radius 3 is 2.48 bits per heavy atom. The van der Waals surface area contributed by atoms with E-state index in [0.29, 0.717) is 17.0 Å². The number of hydrogen-bond donors (Lipinski definition) is 2. The molecule has 0 amide bonds. The monoisotopic (exact) mass is 312 g/mol. The average molecular weight is 312 g/mol. The minimum atomic E-state index is -0.295. The number of rotatable bonds is 4. The Kier molecular flexibility index (Phi) is 4.02. The zero-order chi connectivity index (χ0) is 16.4. The molecule has 0 spiro atoms. The van der Waals surface area contributed by atoms with Crippen molar-refractivity contribution < 1.29 is 14.2 Å². The molecule has 0 saturated heterocycles. The van der Waals surface area contributed by atoms with E-state index in [9.17, 15) is 9.50 Å². The first-order valence-electron chi connectivity index (χ1n) is 7.34. The van der Waals surface area contributed by atoms with E-state index >= 15 is 0 Å². The number of aromatic nitrogens is 2. The number of benzene rings is 2. The van der Waals surface area contributed by atoms with Gasteiger partial charge in [-0.1, -0.05) is 12.1 Å². The molecule has 2 N–H and O–H groups in total. The molecule has 5 heteroatoms. The van der Waals surface area contributed by atoms with Crippen LogP contribution in [0.3, 0.4) is 0 Å². The van der Waals surface area contributed by atoms with Crippen LogP contribution in [0.25, 0.3) is 22.4 Å². The number of ether oxygens (including phenoxy) is 1. The predicted octanol–water partition coefficient (Wildman–Crippen LogP) is 4.38. The van der Waals surface area contributed by atoms with Crippen LogP contribution in [-0.4, -0.2) is 21.4 Å². The molecule has 1 aromatic heterocycles. The number of phenolic OH excluding ortho intramolecular Hbond substituents is 1. The van der Waals surface area contributed by atoms with Crippen LogP contribution in [0.15, 0.2) is 48.7 Å². The lowest BCUT2D eigenvalue weighted by atomic mass is 10.0. The Bertz CT molecular complexity index is 810. The molecule has 2 aromatic carbocycles. The van der Waals surface area contributed by atoms with Gasteiger partial charge >= 0.3 is 0 Å². The van der Waals surface area contributed by atoms with E-state index < -0.39 is 0 Å². The van der Waals surface area contributed by atoms with Gasteiger partial charge in [0.05, 0.1) is 18.0 Å². The molecule has 0 radical (unpaired) electrons. The summed E-state index contributed by atoms with van der Waals surface area (Å²) >= 11 is 0. The molecule has 23 heavy (non-hydrogen) atoms. The summed E-state index contributed by atoms with van der Waals surface area (Å²) in [4.78, 5) is 0. The number of nitrogens with zero attached hydrogens (tertiary/aromatic N) is 1. The fourth-order valence-corrected chi connectivity index (χ4v) is 2.41. The zero-order valence-electron chi connectivity index (χ0n) is 12.9. The maximum absolute atomic E-state index is 13.1. The minimum absolute atomic E-state index is 0.0298. The van der Waals surface area contributed by atoms with E-state index in [-0.39, 0.29) is 17.7 Å². The van der Waals surface area contributed by atoms with E-state index in [2.05, 4.69) is 10.2 Å². The first-order valence-corrected chi connectivity index (χ1v) is 7.34. The molecule has 0 bridgehead atoms. The Morgan fingerprint density at radius 1 is 1.09 bits per heavy atom. The van der Waals surface area contributed by atoms with Crippen molar-refractivity contribution in [1.29, 1.82) is 0 Å². The van der Waals surface area contributed by atoms with Crippen LogP contribution in [0.5, 0.6) is 11.5 Å². The van der Waals surface area contributed by atoms with E-state index in [1.54, 1.807) is 36.5 Å². The number of aromatic amines is 1. The van der Waals surface area contributed by atoms with Crippen molar-refractivity contribution in [1.82, 2.24) is 10.2 Å². The van der Waals surface area contributed by atoms with E-state index in [4.69, 9.17) is 4.74 Å². The number of phenols is 1. The van der Waals surface area contributed by atoms with Gasteiger partial charge in [0.25, 0.3) is 0 Å². The average Bonchev–Trinajstić information content (AvgIpc) is 2.96. The van der Waals surface area contributed by atoms with Gasteiger partial charge in [0.2, 0.25) is 0 Å². The van der Waals surface area contributed by atoms with Gasteiger partial charge in [-0.05, 0) is 43.7 Å². The van der Waals surface area contributed by atoms with Gasteiger partial charge < -0.3 is 9.84 Å². The quantitative estimate of drug-likeness (QED) is 0.752. The first kappa shape index (κ1) is 15.1. The summed E-state index contributed by atoms with van der Waals surface area (Å²) in [5.41, 5.74) is 2.89. The van der Waals surface area contributed by atoms with Gasteiger partial charge in [-0.25, -0.2) is 4.39 Å². The highest BCUT2D eigenvalue weighted by molar-refractivity contribution is 5.83. The molecule has 3 aromatic rings. The molecular weight excluding hydrogens is 295 g/mol. The van der Waals surface area contributed by atoms with Crippen molar-refractivity contribution >= 4 is 0 Å². The summed E-state index contributed by atoms with van der Waals surface area (Å²) in [7, 11) is 0. The molecule has 0 aliphatic heterocycles. The molecule has 4 nitrogen and oxygen atoms in total. The van der Waals surface area contributed by atoms with Crippen LogP contribution in [0.4, 0.5) is 4.39 Å². The normalized spacial score (nSPS) is 11.0. The molecule has 0 aliphatic carbocycles. The lowest BCUT2D eigenvalue weighted by Gasteiger charge is -2.12. The standard InChI is InChI=1S/C18H17FN2O2/c1-11(2)23-14-7-8-15(17(22)9-14)18-16(10-20-21-18)12-3-5-13(19)6-4-12/h3-11,22H,1-2H3,(H,20,21). The zero-order valence-corrected chi connectivity index (χ0v) is 12.9. The third-order valence-corrected chi connectivity index (χ3v) is 3.40. The van der Waals surface area contributed by atoms with Crippen LogP contribution in [0.2, 0.25) is 0 Å². The predicted molar refractivity (Wildman–Crippen MR) is 86.8 cm³/mol. The Hall–Kier alpha value is -2.82. The van der Waals surface area contributed by atoms with Crippen LogP contribution in [0.1, 0.15) is 13.8 Å². The van der Waals surface area contributed by atoms with Crippen molar-refractivity contribution in [3.63, 3.8) is 0 Å². The molecule has 0 atom stereocenters. The second kappa shape index (κ2) is 6.12. The lowest BCUT2D eigenvalue weighted by molar-refractivity contribution is 0.241. The molecular formula is C18H17FN2O2. The van der Waals surface area contributed by atoms with Gasteiger partial charge in [-0.15, -0.1) is 0 Å². The number of aromatic hydroxyl groups is 1. The maximum atomic E-state index is 13.1. The maximum Gasteiger partial charge on any atom is 0.128 e. The number of nitrogens with one attached hydrogen (secondary N) is 1. The number of halogens is 1. The summed E-state index contributed by atoms with van der Waals surface area (Å²) in [6.07, 6.45) is 1.68. The van der Waals surface area contributed by atoms with Crippen LogP contribution in [0, 0.1) is 5.82 Å². The molecule has 118 valence electrons. The highest BCUT2D eigenvalue weighted by Gasteiger charge is 2.14. The molecule has 0 fully saturated rings. The molecule has 0 aliphatic rings. The van der Waals surface area contributed by atoms with Crippen molar-refractivity contribution in [3.8, 4) is 33.9 Å². The molecule has 3 rings (SSSR count). The SMILES string of the molecule is CC(C)Oc1ccc(-c2[nH]ncc2-c2ccc(F)cc2)c(O)c1. The Morgan fingerprint density at radius 2 is 1.83 bits per heavy atom. The number of H-pyrrole nitrogens is 1. The van der Waals surface area contributed by atoms with Gasteiger partial charge in [0.15, 0.2) is 0 Å². The first-order chi connectivity index (χ1) is 11.0. The second-order valence-corrected chi connectivity index (χ2v) is 5.51. The highest BCUT2D eigenvalue weighted by Crippen LogP contribution is 2.37. The van der Waals surface area contributed by atoms with E-state index in [0.717, 1.165) is 11.1 Å². The summed E-state index contributed by atoms with van der Waals surface area (Å²) in [5, 5.41) is 17.2. The second-order valence-electron chi connectivity index (χ2n) is 5.51. The van der Waals surface area contributed by atoms with Gasteiger partial charge in [0.1, 0.15) is 17.3 Å².